The van der Waals surface area contributed by atoms with Crippen LogP contribution in [0.2, 0.25) is 0 Å². The van der Waals surface area contributed by atoms with Gasteiger partial charge in [-0.1, -0.05) is 6.92 Å². The molecule has 5 aliphatic rings. The molecule has 0 aliphatic heterocycles. The largest absolute Gasteiger partial charge is 0.375 e. The van der Waals surface area contributed by atoms with Crippen LogP contribution in [0.3, 0.4) is 0 Å². The van der Waals surface area contributed by atoms with Crippen LogP contribution in [0.4, 0.5) is 0 Å². The zero-order chi connectivity index (χ0) is 28.1. The SMILES string of the molecule is CC(=O)C1CCC(C(=O)C2CCC(OC3CCC(C(=O)C4CCC(OC5CCC(C)CC5)CC4)CC3)CC2)CC1. The van der Waals surface area contributed by atoms with Gasteiger partial charge in [0.2, 0.25) is 0 Å². The van der Waals surface area contributed by atoms with E-state index >= 15 is 0 Å². The van der Waals surface area contributed by atoms with Crippen LogP contribution in [-0.2, 0) is 23.9 Å². The van der Waals surface area contributed by atoms with Crippen LogP contribution in [0.15, 0.2) is 0 Å². The minimum atomic E-state index is 0.175. The molecule has 5 nitrogen and oxygen atoms in total. The lowest BCUT2D eigenvalue weighted by Crippen LogP contribution is -2.36. The van der Waals surface area contributed by atoms with Gasteiger partial charge in [-0.2, -0.15) is 0 Å². The first-order chi connectivity index (χ1) is 19.4. The highest BCUT2D eigenvalue weighted by Gasteiger charge is 2.37. The summed E-state index contributed by atoms with van der Waals surface area (Å²) in [5.41, 5.74) is 0. The lowest BCUT2D eigenvalue weighted by molar-refractivity contribution is -0.133. The summed E-state index contributed by atoms with van der Waals surface area (Å²) in [7, 11) is 0. The molecular formula is C35H56O5. The van der Waals surface area contributed by atoms with E-state index in [0.717, 1.165) is 109 Å². The van der Waals surface area contributed by atoms with Gasteiger partial charge in [0.05, 0.1) is 24.4 Å². The highest BCUT2D eigenvalue weighted by molar-refractivity contribution is 5.84. The van der Waals surface area contributed by atoms with Crippen molar-refractivity contribution >= 4 is 17.3 Å². The number of rotatable bonds is 9. The fraction of sp³-hybridized carbons (Fsp3) is 0.914. The summed E-state index contributed by atoms with van der Waals surface area (Å²) in [6.07, 6.45) is 22.0. The number of hydrogen-bond acceptors (Lipinski definition) is 5. The first-order valence-electron chi connectivity index (χ1n) is 17.2. The molecule has 0 aromatic heterocycles. The molecule has 0 radical (unpaired) electrons. The Bertz CT molecular complexity index is 828. The van der Waals surface area contributed by atoms with E-state index in [1.165, 1.54) is 25.7 Å². The van der Waals surface area contributed by atoms with Gasteiger partial charge in [0.25, 0.3) is 0 Å². The van der Waals surface area contributed by atoms with Gasteiger partial charge in [0.1, 0.15) is 17.3 Å². The van der Waals surface area contributed by atoms with Gasteiger partial charge in [-0.05, 0) is 141 Å². The molecule has 0 N–H and O–H groups in total. The van der Waals surface area contributed by atoms with Gasteiger partial charge >= 0.3 is 0 Å². The van der Waals surface area contributed by atoms with Crippen molar-refractivity contribution < 1.29 is 23.9 Å². The molecule has 226 valence electrons. The first kappa shape index (κ1) is 30.4. The van der Waals surface area contributed by atoms with E-state index in [0.29, 0.717) is 29.6 Å². The summed E-state index contributed by atoms with van der Waals surface area (Å²) in [5, 5.41) is 0. The van der Waals surface area contributed by atoms with Crippen molar-refractivity contribution in [1.29, 1.82) is 0 Å². The number of Topliss-reactive ketones (excluding diaryl/α,β-unsaturated/α-hetero) is 3. The Morgan fingerprint density at radius 2 is 0.650 bits per heavy atom. The van der Waals surface area contributed by atoms with Gasteiger partial charge < -0.3 is 9.47 Å². The van der Waals surface area contributed by atoms with Gasteiger partial charge in [0.15, 0.2) is 0 Å². The van der Waals surface area contributed by atoms with Crippen LogP contribution in [0.5, 0.6) is 0 Å². The molecule has 0 heterocycles. The van der Waals surface area contributed by atoms with Crippen LogP contribution < -0.4 is 0 Å². The van der Waals surface area contributed by atoms with Crippen LogP contribution in [0, 0.1) is 35.5 Å². The topological polar surface area (TPSA) is 69.7 Å². The second-order valence-corrected chi connectivity index (χ2v) is 14.5. The van der Waals surface area contributed by atoms with Crippen molar-refractivity contribution in [1.82, 2.24) is 0 Å². The van der Waals surface area contributed by atoms with Crippen molar-refractivity contribution in [2.45, 2.75) is 167 Å². The zero-order valence-electron chi connectivity index (χ0n) is 25.5. The molecule has 0 atom stereocenters. The van der Waals surface area contributed by atoms with E-state index < -0.39 is 0 Å². The predicted octanol–water partition coefficient (Wildman–Crippen LogP) is 7.81. The molecule has 0 bridgehead atoms. The zero-order valence-corrected chi connectivity index (χ0v) is 25.5. The summed E-state index contributed by atoms with van der Waals surface area (Å²) in [4.78, 5) is 38.1. The van der Waals surface area contributed by atoms with Gasteiger partial charge in [-0.25, -0.2) is 0 Å². The molecule has 5 saturated carbocycles. The van der Waals surface area contributed by atoms with Crippen molar-refractivity contribution in [3.8, 4) is 0 Å². The summed E-state index contributed by atoms with van der Waals surface area (Å²) in [5.74, 6) is 3.17. The van der Waals surface area contributed by atoms with E-state index in [-0.39, 0.29) is 41.8 Å². The average Bonchev–Trinajstić information content (AvgIpc) is 2.99. The highest BCUT2D eigenvalue weighted by Crippen LogP contribution is 2.39. The molecule has 5 rings (SSSR count). The van der Waals surface area contributed by atoms with Crippen molar-refractivity contribution in [2.75, 3.05) is 0 Å². The molecule has 0 aromatic carbocycles. The second-order valence-electron chi connectivity index (χ2n) is 14.5. The van der Waals surface area contributed by atoms with Gasteiger partial charge in [-0.15, -0.1) is 0 Å². The molecule has 40 heavy (non-hydrogen) atoms. The van der Waals surface area contributed by atoms with Crippen LogP contribution in [-0.4, -0.2) is 41.8 Å². The number of hydrogen-bond donors (Lipinski definition) is 0. The molecule has 0 aromatic rings. The Kier molecular flexibility index (Phi) is 10.9. The molecule has 0 amide bonds. The number of carbonyl (C=O) groups excluding carboxylic acids is 3. The van der Waals surface area contributed by atoms with E-state index in [1.807, 2.05) is 0 Å². The number of ketones is 3. The van der Waals surface area contributed by atoms with Gasteiger partial charge in [0, 0.05) is 29.6 Å². The van der Waals surface area contributed by atoms with Crippen molar-refractivity contribution in [3.63, 3.8) is 0 Å². The van der Waals surface area contributed by atoms with E-state index in [9.17, 15) is 14.4 Å². The summed E-state index contributed by atoms with van der Waals surface area (Å²) in [6, 6.07) is 0. The third-order valence-electron chi connectivity index (χ3n) is 11.7. The van der Waals surface area contributed by atoms with Crippen LogP contribution in [0.25, 0.3) is 0 Å². The fourth-order valence-corrected chi connectivity index (χ4v) is 8.81. The molecule has 5 heteroatoms. The quantitative estimate of drug-likeness (QED) is 0.290. The molecule has 0 spiro atoms. The normalized spacial score (nSPS) is 41.2. The van der Waals surface area contributed by atoms with E-state index in [2.05, 4.69) is 6.92 Å². The van der Waals surface area contributed by atoms with E-state index in [4.69, 9.17) is 9.47 Å². The minimum Gasteiger partial charge on any atom is -0.375 e. The Morgan fingerprint density at radius 3 is 0.950 bits per heavy atom. The van der Waals surface area contributed by atoms with Crippen molar-refractivity contribution in [2.24, 2.45) is 35.5 Å². The Morgan fingerprint density at radius 1 is 0.400 bits per heavy atom. The van der Waals surface area contributed by atoms with Crippen LogP contribution in [0.1, 0.15) is 142 Å². The molecular weight excluding hydrogens is 500 g/mol. The number of carbonyl (C=O) groups is 3. The number of ether oxygens (including phenoxy) is 2. The Hall–Kier alpha value is -1.07. The third-order valence-corrected chi connectivity index (χ3v) is 11.7. The summed E-state index contributed by atoms with van der Waals surface area (Å²) in [6.45, 7) is 4.05. The average molecular weight is 557 g/mol. The fourth-order valence-electron chi connectivity index (χ4n) is 8.81. The Labute approximate surface area is 243 Å². The maximum atomic E-state index is 13.3. The lowest BCUT2D eigenvalue weighted by atomic mass is 9.73. The smallest absolute Gasteiger partial charge is 0.139 e. The van der Waals surface area contributed by atoms with E-state index in [1.54, 1.807) is 6.92 Å². The maximum absolute atomic E-state index is 13.3. The molecule has 0 saturated heterocycles. The third kappa shape index (κ3) is 8.06. The Balaban J connectivity index is 0.954. The first-order valence-corrected chi connectivity index (χ1v) is 17.2. The summed E-state index contributed by atoms with van der Waals surface area (Å²) < 4.78 is 13.0. The molecule has 5 fully saturated rings. The summed E-state index contributed by atoms with van der Waals surface area (Å²) >= 11 is 0. The second kappa shape index (κ2) is 14.4. The highest BCUT2D eigenvalue weighted by atomic mass is 16.5. The lowest BCUT2D eigenvalue weighted by Gasteiger charge is -2.37. The molecule has 0 unspecified atom stereocenters. The van der Waals surface area contributed by atoms with Crippen molar-refractivity contribution in [3.05, 3.63) is 0 Å². The van der Waals surface area contributed by atoms with Gasteiger partial charge in [-0.3, -0.25) is 14.4 Å². The molecule has 5 aliphatic carbocycles. The standard InChI is InChI=1S/C35H56O5/c1-23-3-15-30(16-4-23)39-31-17-11-28(12-18-31)35(38)29-13-21-33(22-14-29)40-32-19-9-27(10-20-32)34(37)26-7-5-25(6-8-26)24(2)36/h23,25-33H,3-22H2,1-2H3. The minimum absolute atomic E-state index is 0.175. The van der Waals surface area contributed by atoms with Crippen LogP contribution >= 0.6 is 0 Å². The maximum Gasteiger partial charge on any atom is 0.139 e. The predicted molar refractivity (Wildman–Crippen MR) is 157 cm³/mol. The monoisotopic (exact) mass is 556 g/mol.